The van der Waals surface area contributed by atoms with Crippen LogP contribution in [0, 0.1) is 5.82 Å². The topological polar surface area (TPSA) is 12.0 Å². The molecule has 18 heavy (non-hydrogen) atoms. The Kier molecular flexibility index (Phi) is 3.82. The lowest BCUT2D eigenvalue weighted by atomic mass is 9.93. The fourth-order valence-electron chi connectivity index (χ4n) is 2.25. The first-order valence-corrected chi connectivity index (χ1v) is 6.07. The largest absolute Gasteiger partial charge is 0.416 e. The first-order chi connectivity index (χ1) is 8.41. The highest BCUT2D eigenvalue weighted by Crippen LogP contribution is 2.39. The van der Waals surface area contributed by atoms with Crippen molar-refractivity contribution in [2.24, 2.45) is 0 Å². The highest BCUT2D eigenvalue weighted by molar-refractivity contribution is 6.30. The van der Waals surface area contributed by atoms with Gasteiger partial charge in [-0.15, -0.1) is 0 Å². The Hall–Kier alpha value is -0.810. The molecule has 0 unspecified atom stereocenters. The van der Waals surface area contributed by atoms with Gasteiger partial charge in [-0.05, 0) is 31.5 Å². The Labute approximate surface area is 107 Å². The molecule has 100 valence electrons. The Morgan fingerprint density at radius 1 is 1.22 bits per heavy atom. The van der Waals surface area contributed by atoms with Crippen LogP contribution in [0.1, 0.15) is 36.4 Å². The summed E-state index contributed by atoms with van der Waals surface area (Å²) in [4.78, 5) is 0. The van der Waals surface area contributed by atoms with Gasteiger partial charge in [0.15, 0.2) is 0 Å². The number of alkyl halides is 3. The van der Waals surface area contributed by atoms with Gasteiger partial charge in [0.25, 0.3) is 0 Å². The molecular weight excluding hydrogens is 270 g/mol. The van der Waals surface area contributed by atoms with Crippen LogP contribution in [0.4, 0.5) is 17.6 Å². The van der Waals surface area contributed by atoms with Crippen molar-refractivity contribution in [3.8, 4) is 0 Å². The van der Waals surface area contributed by atoms with Crippen molar-refractivity contribution >= 4 is 11.6 Å². The SMILES string of the molecule is Fc1c(Cl)ccc(C(F)(F)F)c1[C@H]1CCCCN1. The average molecular weight is 282 g/mol. The van der Waals surface area contributed by atoms with Crippen molar-refractivity contribution in [1.82, 2.24) is 5.32 Å². The third-order valence-corrected chi connectivity index (χ3v) is 3.39. The van der Waals surface area contributed by atoms with Crippen LogP contribution in [0.15, 0.2) is 12.1 Å². The van der Waals surface area contributed by atoms with E-state index in [0.29, 0.717) is 13.0 Å². The predicted octanol–water partition coefficient (Wildman–Crippen LogP) is 4.31. The molecule has 0 spiro atoms. The van der Waals surface area contributed by atoms with Crippen molar-refractivity contribution in [2.45, 2.75) is 31.5 Å². The van der Waals surface area contributed by atoms with E-state index in [1.54, 1.807) is 0 Å². The quantitative estimate of drug-likeness (QED) is 0.756. The van der Waals surface area contributed by atoms with Crippen LogP contribution < -0.4 is 5.32 Å². The second-order valence-electron chi connectivity index (χ2n) is 4.32. The average Bonchev–Trinajstić information content (AvgIpc) is 2.32. The van der Waals surface area contributed by atoms with Crippen LogP contribution in [-0.2, 0) is 6.18 Å². The van der Waals surface area contributed by atoms with Gasteiger partial charge >= 0.3 is 6.18 Å². The van der Waals surface area contributed by atoms with Gasteiger partial charge in [0.1, 0.15) is 5.82 Å². The number of hydrogen-bond acceptors (Lipinski definition) is 1. The molecule has 1 atom stereocenters. The van der Waals surface area contributed by atoms with Crippen LogP contribution in [0.3, 0.4) is 0 Å². The lowest BCUT2D eigenvalue weighted by Gasteiger charge is -2.27. The highest BCUT2D eigenvalue weighted by Gasteiger charge is 2.37. The molecule has 1 N–H and O–H groups in total. The molecule has 0 amide bonds. The summed E-state index contributed by atoms with van der Waals surface area (Å²) >= 11 is 5.58. The number of rotatable bonds is 1. The molecule has 1 aromatic carbocycles. The molecule has 1 fully saturated rings. The zero-order valence-electron chi connectivity index (χ0n) is 9.45. The van der Waals surface area contributed by atoms with Crippen molar-refractivity contribution in [1.29, 1.82) is 0 Å². The van der Waals surface area contributed by atoms with Crippen molar-refractivity contribution in [3.63, 3.8) is 0 Å². The van der Waals surface area contributed by atoms with E-state index in [-0.39, 0.29) is 10.6 Å². The van der Waals surface area contributed by atoms with Gasteiger partial charge in [0.2, 0.25) is 0 Å². The van der Waals surface area contributed by atoms with E-state index < -0.39 is 23.6 Å². The third kappa shape index (κ3) is 2.62. The summed E-state index contributed by atoms with van der Waals surface area (Å²) in [5.41, 5.74) is -1.29. The van der Waals surface area contributed by atoms with E-state index in [9.17, 15) is 17.6 Å². The van der Waals surface area contributed by atoms with Gasteiger partial charge in [0, 0.05) is 11.6 Å². The van der Waals surface area contributed by atoms with Crippen LogP contribution in [-0.4, -0.2) is 6.54 Å². The highest BCUT2D eigenvalue weighted by atomic mass is 35.5. The molecule has 1 aliphatic heterocycles. The molecule has 1 aromatic rings. The first-order valence-electron chi connectivity index (χ1n) is 5.69. The summed E-state index contributed by atoms with van der Waals surface area (Å²) in [5, 5.41) is 2.64. The van der Waals surface area contributed by atoms with Crippen LogP contribution in [0.5, 0.6) is 0 Å². The van der Waals surface area contributed by atoms with Gasteiger partial charge in [-0.25, -0.2) is 4.39 Å². The zero-order valence-corrected chi connectivity index (χ0v) is 10.2. The first kappa shape index (κ1) is 13.6. The molecule has 6 heteroatoms. The van der Waals surface area contributed by atoms with Crippen LogP contribution in [0.2, 0.25) is 5.02 Å². The molecule has 0 aliphatic carbocycles. The second-order valence-corrected chi connectivity index (χ2v) is 4.73. The fraction of sp³-hybridized carbons (Fsp3) is 0.500. The van der Waals surface area contributed by atoms with Crippen LogP contribution in [0.25, 0.3) is 0 Å². The number of nitrogens with one attached hydrogen (secondary N) is 1. The summed E-state index contributed by atoms with van der Waals surface area (Å²) in [6.07, 6.45) is -2.42. The lowest BCUT2D eigenvalue weighted by molar-refractivity contribution is -0.138. The van der Waals surface area contributed by atoms with E-state index in [2.05, 4.69) is 5.32 Å². The molecule has 0 radical (unpaired) electrons. The van der Waals surface area contributed by atoms with Gasteiger partial charge in [-0.2, -0.15) is 13.2 Å². The summed E-state index contributed by atoms with van der Waals surface area (Å²) in [7, 11) is 0. The minimum Gasteiger partial charge on any atom is -0.310 e. The Bertz CT molecular complexity index is 438. The van der Waals surface area contributed by atoms with Gasteiger partial charge in [-0.3, -0.25) is 0 Å². The summed E-state index contributed by atoms with van der Waals surface area (Å²) in [5.74, 6) is -0.967. The predicted molar refractivity (Wildman–Crippen MR) is 61.0 cm³/mol. The fourth-order valence-corrected chi connectivity index (χ4v) is 2.42. The second kappa shape index (κ2) is 5.05. The van der Waals surface area contributed by atoms with Crippen molar-refractivity contribution in [2.75, 3.05) is 6.54 Å². The maximum absolute atomic E-state index is 13.9. The number of benzene rings is 1. The number of halogens is 5. The van der Waals surface area contributed by atoms with E-state index >= 15 is 0 Å². The van der Waals surface area contributed by atoms with E-state index in [1.807, 2.05) is 0 Å². The van der Waals surface area contributed by atoms with E-state index in [4.69, 9.17) is 11.6 Å². The summed E-state index contributed by atoms with van der Waals surface area (Å²) in [6.45, 7) is 0.591. The van der Waals surface area contributed by atoms with Gasteiger partial charge in [-0.1, -0.05) is 18.0 Å². The Balaban J connectivity index is 2.50. The number of hydrogen-bond donors (Lipinski definition) is 1. The minimum atomic E-state index is -4.57. The monoisotopic (exact) mass is 281 g/mol. The third-order valence-electron chi connectivity index (χ3n) is 3.10. The zero-order chi connectivity index (χ0) is 13.3. The number of piperidine rings is 1. The normalized spacial score (nSPS) is 21.1. The molecule has 1 aliphatic rings. The van der Waals surface area contributed by atoms with E-state index in [1.165, 1.54) is 0 Å². The molecular formula is C12H12ClF4N. The van der Waals surface area contributed by atoms with Crippen molar-refractivity contribution in [3.05, 3.63) is 34.1 Å². The molecule has 1 nitrogen and oxygen atoms in total. The maximum Gasteiger partial charge on any atom is 0.416 e. The molecule has 0 saturated carbocycles. The smallest absolute Gasteiger partial charge is 0.310 e. The summed E-state index contributed by atoms with van der Waals surface area (Å²) in [6, 6.07) is 1.18. The Morgan fingerprint density at radius 3 is 2.50 bits per heavy atom. The van der Waals surface area contributed by atoms with Crippen molar-refractivity contribution < 1.29 is 17.6 Å². The van der Waals surface area contributed by atoms with E-state index in [0.717, 1.165) is 25.0 Å². The Morgan fingerprint density at radius 2 is 1.94 bits per heavy atom. The summed E-state index contributed by atoms with van der Waals surface area (Å²) < 4.78 is 52.5. The lowest BCUT2D eigenvalue weighted by Crippen LogP contribution is -2.29. The molecule has 0 aromatic heterocycles. The minimum absolute atomic E-state index is 0.273. The molecule has 2 rings (SSSR count). The maximum atomic E-state index is 13.9. The molecule has 1 saturated heterocycles. The van der Waals surface area contributed by atoms with Gasteiger partial charge < -0.3 is 5.32 Å². The van der Waals surface area contributed by atoms with Crippen LogP contribution >= 0.6 is 11.6 Å². The molecule has 0 bridgehead atoms. The van der Waals surface area contributed by atoms with Gasteiger partial charge in [0.05, 0.1) is 10.6 Å². The molecule has 1 heterocycles. The standard InChI is InChI=1S/C12H12ClF4N/c13-8-5-4-7(12(15,16)17)10(11(8)14)9-3-1-2-6-18-9/h4-5,9,18H,1-3,6H2/t9-/m1/s1.